The van der Waals surface area contributed by atoms with Crippen molar-refractivity contribution in [2.24, 2.45) is 7.05 Å². The van der Waals surface area contributed by atoms with E-state index in [0.29, 0.717) is 12.1 Å². The molecule has 0 aliphatic carbocycles. The molecule has 1 aromatic rings. The lowest BCUT2D eigenvalue weighted by Gasteiger charge is -2.38. The minimum atomic E-state index is 0.384. The standard InChI is InChI=1S/C13H24N4S/c1-4-6-14-13(11-5-7-15-17(11)3)12-10-18-9-8-16(12)2/h5,7,12-14H,4,6,8-10H2,1-3H3. The van der Waals surface area contributed by atoms with Crippen LogP contribution in [0.2, 0.25) is 0 Å². The predicted molar refractivity (Wildman–Crippen MR) is 78.0 cm³/mol. The third-order valence-electron chi connectivity index (χ3n) is 3.62. The van der Waals surface area contributed by atoms with E-state index in [1.54, 1.807) is 0 Å². The summed E-state index contributed by atoms with van der Waals surface area (Å²) >= 11 is 2.06. The summed E-state index contributed by atoms with van der Waals surface area (Å²) in [6.07, 6.45) is 3.06. The highest BCUT2D eigenvalue weighted by Gasteiger charge is 2.30. The van der Waals surface area contributed by atoms with Crippen LogP contribution in [-0.2, 0) is 7.05 Å². The number of nitrogens with one attached hydrogen (secondary N) is 1. The van der Waals surface area contributed by atoms with Crippen LogP contribution in [0.15, 0.2) is 12.3 Å². The van der Waals surface area contributed by atoms with E-state index in [2.05, 4.69) is 47.1 Å². The summed E-state index contributed by atoms with van der Waals surface area (Å²) < 4.78 is 2.00. The third kappa shape index (κ3) is 3.08. The van der Waals surface area contributed by atoms with E-state index in [-0.39, 0.29) is 0 Å². The Morgan fingerprint density at radius 2 is 2.39 bits per heavy atom. The molecule has 0 radical (unpaired) electrons. The van der Waals surface area contributed by atoms with Gasteiger partial charge in [-0.15, -0.1) is 0 Å². The van der Waals surface area contributed by atoms with E-state index in [1.807, 2.05) is 17.9 Å². The van der Waals surface area contributed by atoms with Gasteiger partial charge >= 0.3 is 0 Å². The Morgan fingerprint density at radius 1 is 1.56 bits per heavy atom. The second-order valence-corrected chi connectivity index (χ2v) is 6.08. The highest BCUT2D eigenvalue weighted by molar-refractivity contribution is 7.99. The molecular weight excluding hydrogens is 244 g/mol. The first-order valence-corrected chi connectivity index (χ1v) is 7.88. The van der Waals surface area contributed by atoms with Crippen molar-refractivity contribution in [3.05, 3.63) is 18.0 Å². The van der Waals surface area contributed by atoms with Crippen LogP contribution in [0.4, 0.5) is 0 Å². The predicted octanol–water partition coefficient (Wildman–Crippen LogP) is 1.51. The van der Waals surface area contributed by atoms with Gasteiger partial charge in [-0.25, -0.2) is 0 Å². The van der Waals surface area contributed by atoms with Crippen molar-refractivity contribution in [3.8, 4) is 0 Å². The minimum Gasteiger partial charge on any atom is -0.307 e. The lowest BCUT2D eigenvalue weighted by molar-refractivity contribution is 0.210. The zero-order valence-electron chi connectivity index (χ0n) is 11.6. The molecule has 0 bridgehead atoms. The number of hydrogen-bond donors (Lipinski definition) is 1. The van der Waals surface area contributed by atoms with Gasteiger partial charge in [-0.05, 0) is 26.1 Å². The molecule has 1 aromatic heterocycles. The van der Waals surface area contributed by atoms with E-state index in [0.717, 1.165) is 13.0 Å². The monoisotopic (exact) mass is 268 g/mol. The van der Waals surface area contributed by atoms with Gasteiger partial charge in [0.1, 0.15) is 0 Å². The fourth-order valence-electron chi connectivity index (χ4n) is 2.48. The third-order valence-corrected chi connectivity index (χ3v) is 4.67. The molecule has 1 saturated heterocycles. The Kier molecular flexibility index (Phi) is 5.09. The van der Waals surface area contributed by atoms with Crippen molar-refractivity contribution in [2.45, 2.75) is 25.4 Å². The number of thioether (sulfide) groups is 1. The fraction of sp³-hybridized carbons (Fsp3) is 0.769. The Morgan fingerprint density at radius 3 is 3.00 bits per heavy atom. The number of likely N-dealkylation sites (N-methyl/N-ethyl adjacent to an activating group) is 1. The topological polar surface area (TPSA) is 33.1 Å². The van der Waals surface area contributed by atoms with E-state index in [4.69, 9.17) is 0 Å². The van der Waals surface area contributed by atoms with Crippen LogP contribution in [0.1, 0.15) is 25.1 Å². The quantitative estimate of drug-likeness (QED) is 0.877. The average molecular weight is 268 g/mol. The van der Waals surface area contributed by atoms with Crippen LogP contribution >= 0.6 is 11.8 Å². The molecule has 1 N–H and O–H groups in total. The maximum absolute atomic E-state index is 4.32. The van der Waals surface area contributed by atoms with Crippen molar-refractivity contribution < 1.29 is 0 Å². The summed E-state index contributed by atoms with van der Waals surface area (Å²) in [5.41, 5.74) is 1.29. The summed E-state index contributed by atoms with van der Waals surface area (Å²) in [4.78, 5) is 2.48. The Bertz CT molecular complexity index is 366. The molecule has 18 heavy (non-hydrogen) atoms. The molecule has 1 aliphatic rings. The molecule has 1 fully saturated rings. The number of hydrogen-bond acceptors (Lipinski definition) is 4. The first kappa shape index (κ1) is 13.9. The average Bonchev–Trinajstić information content (AvgIpc) is 2.78. The Labute approximate surface area is 114 Å². The van der Waals surface area contributed by atoms with E-state index < -0.39 is 0 Å². The van der Waals surface area contributed by atoms with Crippen LogP contribution in [0, 0.1) is 0 Å². The van der Waals surface area contributed by atoms with Gasteiger partial charge in [0.2, 0.25) is 0 Å². The molecule has 4 nitrogen and oxygen atoms in total. The van der Waals surface area contributed by atoms with Crippen molar-refractivity contribution >= 4 is 11.8 Å². The largest absolute Gasteiger partial charge is 0.307 e. The number of aryl methyl sites for hydroxylation is 1. The SMILES string of the molecule is CCCNC(c1ccnn1C)C1CSCCN1C. The van der Waals surface area contributed by atoms with Gasteiger partial charge < -0.3 is 5.32 Å². The van der Waals surface area contributed by atoms with Crippen LogP contribution in [0.3, 0.4) is 0 Å². The Hall–Kier alpha value is -0.520. The molecule has 0 saturated carbocycles. The van der Waals surface area contributed by atoms with Gasteiger partial charge in [0.05, 0.1) is 11.7 Å². The second kappa shape index (κ2) is 6.59. The van der Waals surface area contributed by atoms with Crippen LogP contribution in [0.5, 0.6) is 0 Å². The number of nitrogens with zero attached hydrogens (tertiary/aromatic N) is 3. The molecule has 102 valence electrons. The molecule has 0 spiro atoms. The van der Waals surface area contributed by atoms with Crippen LogP contribution < -0.4 is 5.32 Å². The molecule has 0 aromatic carbocycles. The molecular formula is C13H24N4S. The van der Waals surface area contributed by atoms with E-state index >= 15 is 0 Å². The number of rotatable bonds is 5. The maximum Gasteiger partial charge on any atom is 0.0657 e. The summed E-state index contributed by atoms with van der Waals surface area (Å²) in [5, 5.41) is 8.01. The molecule has 2 rings (SSSR count). The first-order chi connectivity index (χ1) is 8.74. The normalized spacial score (nSPS) is 23.2. The lowest BCUT2D eigenvalue weighted by Crippen LogP contribution is -2.48. The summed E-state index contributed by atoms with van der Waals surface area (Å²) in [7, 11) is 4.27. The molecule has 2 atom stereocenters. The smallest absolute Gasteiger partial charge is 0.0657 e. The number of aromatic nitrogens is 2. The van der Waals surface area contributed by atoms with Crippen molar-refractivity contribution in [1.29, 1.82) is 0 Å². The maximum atomic E-state index is 4.32. The van der Waals surface area contributed by atoms with Gasteiger partial charge in [-0.3, -0.25) is 9.58 Å². The van der Waals surface area contributed by atoms with Crippen LogP contribution in [0.25, 0.3) is 0 Å². The van der Waals surface area contributed by atoms with E-state index in [9.17, 15) is 0 Å². The van der Waals surface area contributed by atoms with Gasteiger partial charge in [0.15, 0.2) is 0 Å². The summed E-state index contributed by atoms with van der Waals surface area (Å²) in [6, 6.07) is 3.08. The molecule has 2 unspecified atom stereocenters. The molecule has 0 amide bonds. The minimum absolute atomic E-state index is 0.384. The zero-order valence-corrected chi connectivity index (χ0v) is 12.4. The van der Waals surface area contributed by atoms with Gasteiger partial charge in [-0.2, -0.15) is 16.9 Å². The van der Waals surface area contributed by atoms with Crippen LogP contribution in [-0.4, -0.2) is 52.4 Å². The van der Waals surface area contributed by atoms with E-state index in [1.165, 1.54) is 23.7 Å². The molecule has 1 aliphatic heterocycles. The Balaban J connectivity index is 2.16. The molecule has 5 heteroatoms. The highest BCUT2D eigenvalue weighted by Crippen LogP contribution is 2.26. The molecule has 2 heterocycles. The highest BCUT2D eigenvalue weighted by atomic mass is 32.2. The summed E-state index contributed by atoms with van der Waals surface area (Å²) in [6.45, 7) is 4.45. The lowest BCUT2D eigenvalue weighted by atomic mass is 10.0. The second-order valence-electron chi connectivity index (χ2n) is 4.93. The zero-order chi connectivity index (χ0) is 13.0. The van der Waals surface area contributed by atoms with Crippen molar-refractivity contribution in [2.75, 3.05) is 31.6 Å². The van der Waals surface area contributed by atoms with Crippen molar-refractivity contribution in [3.63, 3.8) is 0 Å². The first-order valence-electron chi connectivity index (χ1n) is 6.73. The van der Waals surface area contributed by atoms with Crippen molar-refractivity contribution in [1.82, 2.24) is 20.0 Å². The summed E-state index contributed by atoms with van der Waals surface area (Å²) in [5.74, 6) is 2.45. The van der Waals surface area contributed by atoms with Gasteiger partial charge in [0, 0.05) is 37.3 Å². The fourth-order valence-corrected chi connectivity index (χ4v) is 3.76. The van der Waals surface area contributed by atoms with Gasteiger partial charge in [0.25, 0.3) is 0 Å². The van der Waals surface area contributed by atoms with Gasteiger partial charge in [-0.1, -0.05) is 6.92 Å².